The van der Waals surface area contributed by atoms with Crippen LogP contribution in [0.15, 0.2) is 6.07 Å². The van der Waals surface area contributed by atoms with Crippen LogP contribution in [0.25, 0.3) is 0 Å². The van der Waals surface area contributed by atoms with Crippen molar-refractivity contribution in [1.29, 1.82) is 0 Å². The molecule has 0 spiro atoms. The molecule has 1 fully saturated rings. The van der Waals surface area contributed by atoms with Crippen molar-refractivity contribution in [2.45, 2.75) is 31.6 Å². The van der Waals surface area contributed by atoms with E-state index < -0.39 is 16.4 Å². The summed E-state index contributed by atoms with van der Waals surface area (Å²) in [5.41, 5.74) is -0.145. The van der Waals surface area contributed by atoms with Gasteiger partial charge in [0.1, 0.15) is 5.82 Å². The minimum atomic E-state index is -1.09. The molecule has 1 atom stereocenters. The summed E-state index contributed by atoms with van der Waals surface area (Å²) in [7, 11) is -1.09. The van der Waals surface area contributed by atoms with Crippen LogP contribution in [0.3, 0.4) is 0 Å². The molecule has 0 radical (unpaired) electrons. The second kappa shape index (κ2) is 7.68. The number of anilines is 1. The van der Waals surface area contributed by atoms with Crippen molar-refractivity contribution in [2.24, 2.45) is 0 Å². The predicted octanol–water partition coefficient (Wildman–Crippen LogP) is 1.38. The van der Waals surface area contributed by atoms with Crippen LogP contribution in [0, 0.1) is 0 Å². The molecule has 1 aliphatic heterocycles. The fraction of sp³-hybridized carbons (Fsp3) is 0.714. The molecule has 2 rings (SSSR count). The molecule has 124 valence electrons. The summed E-state index contributed by atoms with van der Waals surface area (Å²) in [6, 6.07) is 1.83. The number of morpholine rings is 1. The van der Waals surface area contributed by atoms with E-state index in [0.29, 0.717) is 36.8 Å². The van der Waals surface area contributed by atoms with Gasteiger partial charge in [0.25, 0.3) is 0 Å². The molecule has 6 nitrogen and oxygen atoms in total. The van der Waals surface area contributed by atoms with Gasteiger partial charge in [0.2, 0.25) is 5.28 Å². The number of aliphatic hydroxyl groups is 1. The summed E-state index contributed by atoms with van der Waals surface area (Å²) in [5, 5.41) is 9.86. The molecule has 0 bridgehead atoms. The lowest BCUT2D eigenvalue weighted by Gasteiger charge is -2.28. The van der Waals surface area contributed by atoms with Crippen LogP contribution < -0.4 is 4.90 Å². The molecule has 22 heavy (non-hydrogen) atoms. The molecule has 1 saturated heterocycles. The molecule has 2 heterocycles. The number of ether oxygens (including phenoxy) is 1. The van der Waals surface area contributed by atoms with E-state index in [1.807, 2.05) is 6.07 Å². The normalized spacial score (nSPS) is 17.5. The summed E-state index contributed by atoms with van der Waals surface area (Å²) < 4.78 is 17.4. The van der Waals surface area contributed by atoms with Gasteiger partial charge in [-0.15, -0.1) is 0 Å². The van der Waals surface area contributed by atoms with Gasteiger partial charge in [0.05, 0.1) is 30.3 Å². The van der Waals surface area contributed by atoms with E-state index in [1.165, 1.54) is 0 Å². The van der Waals surface area contributed by atoms with Gasteiger partial charge in [-0.1, -0.05) is 0 Å². The Morgan fingerprint density at radius 3 is 2.73 bits per heavy atom. The third-order valence-corrected chi connectivity index (χ3v) is 4.77. The van der Waals surface area contributed by atoms with Crippen molar-refractivity contribution < 1.29 is 14.1 Å². The van der Waals surface area contributed by atoms with Crippen LogP contribution in [0.5, 0.6) is 0 Å². The van der Waals surface area contributed by atoms with Gasteiger partial charge in [-0.25, -0.2) is 9.97 Å². The molecule has 1 N–H and O–H groups in total. The average Bonchev–Trinajstić information content (AvgIpc) is 2.45. The molecule has 8 heteroatoms. The highest BCUT2D eigenvalue weighted by Crippen LogP contribution is 2.18. The number of halogens is 1. The first-order chi connectivity index (χ1) is 10.3. The Bertz CT molecular complexity index is 531. The summed E-state index contributed by atoms with van der Waals surface area (Å²) in [6.45, 7) is 6.26. The van der Waals surface area contributed by atoms with Crippen LogP contribution in [0.2, 0.25) is 5.28 Å². The Labute approximate surface area is 138 Å². The largest absolute Gasteiger partial charge is 0.390 e. The Kier molecular flexibility index (Phi) is 6.14. The van der Waals surface area contributed by atoms with Crippen molar-refractivity contribution in [3.05, 3.63) is 17.0 Å². The van der Waals surface area contributed by atoms with Gasteiger partial charge in [0, 0.05) is 35.7 Å². The number of aromatic nitrogens is 2. The van der Waals surface area contributed by atoms with Crippen molar-refractivity contribution in [2.75, 3.05) is 37.0 Å². The van der Waals surface area contributed by atoms with Crippen molar-refractivity contribution in [3.8, 4) is 0 Å². The number of hydrogen-bond donors (Lipinski definition) is 1. The number of hydrogen-bond acceptors (Lipinski definition) is 6. The third-order valence-electron chi connectivity index (χ3n) is 3.32. The third kappa shape index (κ3) is 5.79. The molecule has 1 aromatic rings. The van der Waals surface area contributed by atoms with Gasteiger partial charge >= 0.3 is 0 Å². The number of rotatable bonds is 6. The fourth-order valence-corrected chi connectivity index (χ4v) is 3.63. The van der Waals surface area contributed by atoms with Crippen molar-refractivity contribution >= 4 is 28.2 Å². The Hall–Kier alpha value is -0.760. The lowest BCUT2D eigenvalue weighted by Crippen LogP contribution is -2.36. The maximum atomic E-state index is 12.1. The summed E-state index contributed by atoms with van der Waals surface area (Å²) >= 11 is 5.98. The topological polar surface area (TPSA) is 75.5 Å². The minimum Gasteiger partial charge on any atom is -0.390 e. The van der Waals surface area contributed by atoms with Crippen LogP contribution in [0.4, 0.5) is 5.82 Å². The quantitative estimate of drug-likeness (QED) is 0.783. The standard InChI is InChI=1S/C14H22ClN3O3S/c1-14(2,19)3-8-22(20)10-11-9-12(17-13(15)16-11)18-4-6-21-7-5-18/h9,19H,3-8,10H2,1-2H3. The van der Waals surface area contributed by atoms with Crippen molar-refractivity contribution in [3.63, 3.8) is 0 Å². The zero-order chi connectivity index (χ0) is 16.2. The zero-order valence-electron chi connectivity index (χ0n) is 12.9. The lowest BCUT2D eigenvalue weighted by molar-refractivity contribution is 0.0775. The first-order valence-corrected chi connectivity index (χ1v) is 9.13. The summed E-state index contributed by atoms with van der Waals surface area (Å²) in [6.07, 6.45) is 0.481. The van der Waals surface area contributed by atoms with Crippen LogP contribution >= 0.6 is 11.6 Å². The maximum absolute atomic E-state index is 12.1. The van der Waals surface area contributed by atoms with E-state index in [2.05, 4.69) is 14.9 Å². The van der Waals surface area contributed by atoms with Gasteiger partial charge < -0.3 is 14.7 Å². The average molecular weight is 348 g/mol. The maximum Gasteiger partial charge on any atom is 0.224 e. The fourth-order valence-electron chi connectivity index (χ4n) is 2.08. The molecular weight excluding hydrogens is 326 g/mol. The monoisotopic (exact) mass is 347 g/mol. The van der Waals surface area contributed by atoms with Gasteiger partial charge in [-0.3, -0.25) is 4.21 Å². The highest BCUT2D eigenvalue weighted by atomic mass is 35.5. The van der Waals surface area contributed by atoms with Crippen LogP contribution in [-0.2, 0) is 21.3 Å². The number of nitrogens with zero attached hydrogens (tertiary/aromatic N) is 3. The SMILES string of the molecule is CC(C)(O)CCS(=O)Cc1cc(N2CCOCC2)nc(Cl)n1. The molecule has 1 aliphatic rings. The Balaban J connectivity index is 2.01. The van der Waals surface area contributed by atoms with E-state index in [4.69, 9.17) is 16.3 Å². The first kappa shape index (κ1) is 17.6. The predicted molar refractivity (Wildman–Crippen MR) is 87.7 cm³/mol. The van der Waals surface area contributed by atoms with E-state index in [1.54, 1.807) is 13.8 Å². The highest BCUT2D eigenvalue weighted by Gasteiger charge is 2.17. The molecular formula is C14H22ClN3O3S. The first-order valence-electron chi connectivity index (χ1n) is 7.27. The van der Waals surface area contributed by atoms with Crippen molar-refractivity contribution in [1.82, 2.24) is 9.97 Å². The molecule has 1 unspecified atom stereocenters. The van der Waals surface area contributed by atoms with Gasteiger partial charge in [-0.05, 0) is 31.9 Å². The molecule has 0 saturated carbocycles. The molecule has 0 aromatic carbocycles. The lowest BCUT2D eigenvalue weighted by atomic mass is 10.1. The molecule has 1 aromatic heterocycles. The Morgan fingerprint density at radius 1 is 1.41 bits per heavy atom. The van der Waals surface area contributed by atoms with E-state index in [-0.39, 0.29) is 5.28 Å². The summed E-state index contributed by atoms with van der Waals surface area (Å²) in [5.74, 6) is 1.49. The molecule has 0 amide bonds. The smallest absolute Gasteiger partial charge is 0.224 e. The Morgan fingerprint density at radius 2 is 2.09 bits per heavy atom. The zero-order valence-corrected chi connectivity index (χ0v) is 14.5. The molecule has 0 aliphatic carbocycles. The minimum absolute atomic E-state index is 0.165. The van der Waals surface area contributed by atoms with Crippen LogP contribution in [-0.4, -0.2) is 56.9 Å². The van der Waals surface area contributed by atoms with E-state index >= 15 is 0 Å². The van der Waals surface area contributed by atoms with E-state index in [0.717, 1.165) is 18.9 Å². The van der Waals surface area contributed by atoms with Gasteiger partial charge in [-0.2, -0.15) is 0 Å². The highest BCUT2D eigenvalue weighted by molar-refractivity contribution is 7.84. The second-order valence-electron chi connectivity index (χ2n) is 5.94. The van der Waals surface area contributed by atoms with Gasteiger partial charge in [0.15, 0.2) is 0 Å². The van der Waals surface area contributed by atoms with Crippen LogP contribution in [0.1, 0.15) is 26.0 Å². The summed E-state index contributed by atoms with van der Waals surface area (Å²) in [4.78, 5) is 10.5. The van der Waals surface area contributed by atoms with E-state index in [9.17, 15) is 9.32 Å². The second-order valence-corrected chi connectivity index (χ2v) is 7.85.